The van der Waals surface area contributed by atoms with Crippen molar-refractivity contribution in [1.29, 1.82) is 0 Å². The van der Waals surface area contributed by atoms with Crippen LogP contribution in [-0.4, -0.2) is 19.0 Å². The standard InChI is InChI=1S/C29H28ClNO4/c1-18-7-6-8-19(13-18)17-34-26-23(30)14-20(16-25(26)33-5)15-24-28(32)35-27(31-24)21-9-11-22(12-10-21)29(2,3)4/h6-16H,17H2,1-5H3. The molecule has 3 aromatic carbocycles. The zero-order valence-electron chi connectivity index (χ0n) is 20.5. The number of aryl methyl sites for hydroxylation is 1. The van der Waals surface area contributed by atoms with Gasteiger partial charge in [0.15, 0.2) is 17.2 Å². The fraction of sp³-hybridized carbons (Fsp3) is 0.241. The summed E-state index contributed by atoms with van der Waals surface area (Å²) < 4.78 is 16.9. The molecule has 0 fully saturated rings. The Morgan fingerprint density at radius 1 is 1.06 bits per heavy atom. The lowest BCUT2D eigenvalue weighted by molar-refractivity contribution is -0.129. The van der Waals surface area contributed by atoms with Crippen LogP contribution in [0.2, 0.25) is 5.02 Å². The molecule has 0 aliphatic carbocycles. The van der Waals surface area contributed by atoms with Crippen LogP contribution in [-0.2, 0) is 21.6 Å². The first-order valence-electron chi connectivity index (χ1n) is 11.3. The third kappa shape index (κ3) is 5.75. The van der Waals surface area contributed by atoms with Crippen LogP contribution in [0.4, 0.5) is 0 Å². The number of esters is 1. The summed E-state index contributed by atoms with van der Waals surface area (Å²) >= 11 is 6.52. The summed E-state index contributed by atoms with van der Waals surface area (Å²) in [5.41, 5.74) is 4.98. The van der Waals surface area contributed by atoms with E-state index in [-0.39, 0.29) is 17.0 Å². The SMILES string of the molecule is COc1cc(C=C2N=C(c3ccc(C(C)(C)C)cc3)OC2=O)cc(Cl)c1OCc1cccc(C)c1. The molecule has 0 spiro atoms. The predicted molar refractivity (Wildman–Crippen MR) is 139 cm³/mol. The van der Waals surface area contributed by atoms with Gasteiger partial charge in [-0.1, -0.05) is 74.3 Å². The number of hydrogen-bond donors (Lipinski definition) is 0. The molecule has 5 nitrogen and oxygen atoms in total. The summed E-state index contributed by atoms with van der Waals surface area (Å²) in [6, 6.07) is 19.4. The molecular weight excluding hydrogens is 462 g/mol. The van der Waals surface area contributed by atoms with Gasteiger partial charge in [-0.05, 0) is 59.4 Å². The zero-order chi connectivity index (χ0) is 25.2. The number of aliphatic imine (C=N–C) groups is 1. The molecule has 0 radical (unpaired) electrons. The maximum atomic E-state index is 12.5. The first-order chi connectivity index (χ1) is 16.6. The van der Waals surface area contributed by atoms with Gasteiger partial charge in [-0.3, -0.25) is 0 Å². The molecule has 180 valence electrons. The van der Waals surface area contributed by atoms with Crippen LogP contribution in [0.5, 0.6) is 11.5 Å². The van der Waals surface area contributed by atoms with Crippen molar-refractivity contribution in [3.05, 3.63) is 99.2 Å². The minimum Gasteiger partial charge on any atom is -0.493 e. The van der Waals surface area contributed by atoms with E-state index >= 15 is 0 Å². The first-order valence-corrected chi connectivity index (χ1v) is 11.7. The van der Waals surface area contributed by atoms with Crippen LogP contribution in [0.1, 0.15) is 48.6 Å². The second kappa shape index (κ2) is 9.96. The van der Waals surface area contributed by atoms with E-state index in [2.05, 4.69) is 31.8 Å². The summed E-state index contributed by atoms with van der Waals surface area (Å²) in [6.45, 7) is 8.82. The fourth-order valence-corrected chi connectivity index (χ4v) is 4.00. The van der Waals surface area contributed by atoms with E-state index in [0.717, 1.165) is 16.7 Å². The number of hydrogen-bond acceptors (Lipinski definition) is 5. The number of methoxy groups -OCH3 is 1. The number of rotatable bonds is 6. The van der Waals surface area contributed by atoms with Gasteiger partial charge in [0.25, 0.3) is 0 Å². The Bertz CT molecular complexity index is 1320. The van der Waals surface area contributed by atoms with Gasteiger partial charge in [-0.15, -0.1) is 0 Å². The lowest BCUT2D eigenvalue weighted by atomic mass is 9.87. The molecule has 3 aromatic rings. The highest BCUT2D eigenvalue weighted by atomic mass is 35.5. The van der Waals surface area contributed by atoms with Crippen molar-refractivity contribution in [3.8, 4) is 11.5 Å². The molecule has 0 saturated carbocycles. The van der Waals surface area contributed by atoms with Crippen LogP contribution < -0.4 is 9.47 Å². The summed E-state index contributed by atoms with van der Waals surface area (Å²) in [4.78, 5) is 16.9. The molecule has 0 N–H and O–H groups in total. The van der Waals surface area contributed by atoms with Crippen molar-refractivity contribution in [2.75, 3.05) is 7.11 Å². The van der Waals surface area contributed by atoms with Crippen molar-refractivity contribution in [1.82, 2.24) is 0 Å². The highest BCUT2D eigenvalue weighted by Gasteiger charge is 2.25. The van der Waals surface area contributed by atoms with E-state index in [1.54, 1.807) is 25.3 Å². The number of carbonyl (C=O) groups excluding carboxylic acids is 1. The molecule has 1 aliphatic rings. The third-order valence-corrected chi connectivity index (χ3v) is 5.92. The number of carbonyl (C=O) groups is 1. The largest absolute Gasteiger partial charge is 0.493 e. The topological polar surface area (TPSA) is 57.1 Å². The van der Waals surface area contributed by atoms with Gasteiger partial charge in [-0.25, -0.2) is 9.79 Å². The summed E-state index contributed by atoms with van der Waals surface area (Å²) in [5.74, 6) is 0.660. The Kier molecular flexibility index (Phi) is 6.99. The van der Waals surface area contributed by atoms with Gasteiger partial charge in [0.1, 0.15) is 6.61 Å². The number of halogens is 1. The van der Waals surface area contributed by atoms with E-state index in [1.165, 1.54) is 5.56 Å². The van der Waals surface area contributed by atoms with Crippen molar-refractivity contribution in [2.24, 2.45) is 4.99 Å². The van der Waals surface area contributed by atoms with Gasteiger partial charge in [0.05, 0.1) is 12.1 Å². The summed E-state index contributed by atoms with van der Waals surface area (Å²) in [5, 5.41) is 0.372. The molecule has 1 heterocycles. The lowest BCUT2D eigenvalue weighted by Crippen LogP contribution is -2.11. The molecule has 0 unspecified atom stereocenters. The van der Waals surface area contributed by atoms with Crippen LogP contribution >= 0.6 is 11.6 Å². The Labute approximate surface area is 211 Å². The number of benzene rings is 3. The van der Waals surface area contributed by atoms with Gasteiger partial charge >= 0.3 is 5.97 Å². The summed E-state index contributed by atoms with van der Waals surface area (Å²) in [7, 11) is 1.55. The molecule has 0 amide bonds. The highest BCUT2D eigenvalue weighted by molar-refractivity contribution is 6.32. The zero-order valence-corrected chi connectivity index (χ0v) is 21.3. The van der Waals surface area contributed by atoms with Crippen LogP contribution in [0.25, 0.3) is 6.08 Å². The Balaban J connectivity index is 1.57. The fourth-order valence-electron chi connectivity index (χ4n) is 3.72. The molecular formula is C29H28ClNO4. The molecule has 4 rings (SSSR count). The Morgan fingerprint density at radius 2 is 1.80 bits per heavy atom. The average molecular weight is 490 g/mol. The van der Waals surface area contributed by atoms with Crippen molar-refractivity contribution >= 4 is 29.5 Å². The van der Waals surface area contributed by atoms with Crippen LogP contribution in [0.15, 0.2) is 71.4 Å². The number of ether oxygens (including phenoxy) is 3. The predicted octanol–water partition coefficient (Wildman–Crippen LogP) is 6.88. The lowest BCUT2D eigenvalue weighted by Gasteiger charge is -2.18. The van der Waals surface area contributed by atoms with Gasteiger partial charge < -0.3 is 14.2 Å². The average Bonchev–Trinajstić information content (AvgIpc) is 3.17. The van der Waals surface area contributed by atoms with Gasteiger partial charge in [0.2, 0.25) is 5.90 Å². The minimum atomic E-state index is -0.519. The van der Waals surface area contributed by atoms with E-state index < -0.39 is 5.97 Å². The van der Waals surface area contributed by atoms with Crippen molar-refractivity contribution in [2.45, 2.75) is 39.7 Å². The smallest absolute Gasteiger partial charge is 0.363 e. The quantitative estimate of drug-likeness (QED) is 0.280. The highest BCUT2D eigenvalue weighted by Crippen LogP contribution is 2.38. The Hall–Kier alpha value is -3.57. The third-order valence-electron chi connectivity index (χ3n) is 5.64. The second-order valence-corrected chi connectivity index (χ2v) is 9.88. The molecule has 0 aromatic heterocycles. The molecule has 0 bridgehead atoms. The van der Waals surface area contributed by atoms with Gasteiger partial charge in [0, 0.05) is 5.56 Å². The summed E-state index contributed by atoms with van der Waals surface area (Å²) in [6.07, 6.45) is 1.62. The van der Waals surface area contributed by atoms with Crippen LogP contribution in [0.3, 0.4) is 0 Å². The molecule has 35 heavy (non-hydrogen) atoms. The first kappa shape index (κ1) is 24.6. The normalized spacial score (nSPS) is 14.6. The maximum Gasteiger partial charge on any atom is 0.363 e. The molecule has 0 saturated heterocycles. The van der Waals surface area contributed by atoms with E-state index in [4.69, 9.17) is 25.8 Å². The van der Waals surface area contributed by atoms with E-state index in [9.17, 15) is 4.79 Å². The number of cyclic esters (lactones) is 1. The van der Waals surface area contributed by atoms with Gasteiger partial charge in [-0.2, -0.15) is 0 Å². The van der Waals surface area contributed by atoms with E-state index in [0.29, 0.717) is 28.7 Å². The molecule has 1 aliphatic heterocycles. The second-order valence-electron chi connectivity index (χ2n) is 9.48. The monoisotopic (exact) mass is 489 g/mol. The Morgan fingerprint density at radius 3 is 2.46 bits per heavy atom. The molecule has 0 atom stereocenters. The van der Waals surface area contributed by atoms with Crippen LogP contribution in [0, 0.1) is 6.92 Å². The van der Waals surface area contributed by atoms with E-state index in [1.807, 2.05) is 49.4 Å². The maximum absolute atomic E-state index is 12.5. The minimum absolute atomic E-state index is 0.0337. The molecule has 6 heteroatoms. The number of nitrogens with zero attached hydrogens (tertiary/aromatic N) is 1. The van der Waals surface area contributed by atoms with Crippen molar-refractivity contribution in [3.63, 3.8) is 0 Å². The van der Waals surface area contributed by atoms with Crippen molar-refractivity contribution < 1.29 is 19.0 Å².